The number of carboxylic acid groups (broad SMARTS) is 1. The van der Waals surface area contributed by atoms with Gasteiger partial charge in [-0.1, -0.05) is 20.8 Å². The zero-order valence-corrected chi connectivity index (χ0v) is 9.55. The van der Waals surface area contributed by atoms with Crippen LogP contribution >= 0.6 is 0 Å². The molecule has 0 aliphatic heterocycles. The Bertz CT molecular complexity index is 157. The summed E-state index contributed by atoms with van der Waals surface area (Å²) >= 11 is 0. The summed E-state index contributed by atoms with van der Waals surface area (Å²) in [7, 11) is 0. The zero-order valence-electron chi connectivity index (χ0n) is 9.55. The fourth-order valence-electron chi connectivity index (χ4n) is 1.32. The average Bonchev–Trinajstić information content (AvgIpc) is 2.10. The van der Waals surface area contributed by atoms with Crippen LogP contribution in [0, 0.1) is 11.8 Å². The Morgan fingerprint density at radius 1 is 1.43 bits per heavy atom. The highest BCUT2D eigenvalue weighted by Gasteiger charge is 2.13. The summed E-state index contributed by atoms with van der Waals surface area (Å²) in [5.74, 6) is -0.184. The van der Waals surface area contributed by atoms with E-state index in [4.69, 9.17) is 5.11 Å². The van der Waals surface area contributed by atoms with Crippen LogP contribution in [-0.4, -0.2) is 24.2 Å². The largest absolute Gasteiger partial charge is 0.481 e. The maximum Gasteiger partial charge on any atom is 0.307 e. The predicted octanol–water partition coefficient (Wildman–Crippen LogP) is 2.12. The molecule has 1 atom stereocenters. The van der Waals surface area contributed by atoms with Crippen molar-refractivity contribution in [1.82, 2.24) is 5.32 Å². The van der Waals surface area contributed by atoms with Crippen molar-refractivity contribution >= 4 is 5.97 Å². The van der Waals surface area contributed by atoms with E-state index in [0.717, 1.165) is 18.9 Å². The van der Waals surface area contributed by atoms with Crippen LogP contribution in [0.15, 0.2) is 0 Å². The fourth-order valence-corrected chi connectivity index (χ4v) is 1.32. The van der Waals surface area contributed by atoms with E-state index in [1.165, 1.54) is 6.42 Å². The summed E-state index contributed by atoms with van der Waals surface area (Å²) in [4.78, 5) is 10.7. The Hall–Kier alpha value is -0.570. The van der Waals surface area contributed by atoms with Crippen LogP contribution in [0.4, 0.5) is 0 Å². The molecule has 0 saturated carbocycles. The SMILES string of the molecule is CCC(CNCCCC(C)C)C(=O)O. The van der Waals surface area contributed by atoms with E-state index in [1.54, 1.807) is 0 Å². The van der Waals surface area contributed by atoms with Crippen molar-refractivity contribution in [2.45, 2.75) is 40.0 Å². The first-order chi connectivity index (χ1) is 6.57. The first-order valence-corrected chi connectivity index (χ1v) is 5.51. The Balaban J connectivity index is 3.38. The van der Waals surface area contributed by atoms with Crippen molar-refractivity contribution < 1.29 is 9.90 Å². The molecule has 3 heteroatoms. The number of hydrogen-bond donors (Lipinski definition) is 2. The van der Waals surface area contributed by atoms with Crippen LogP contribution in [0.1, 0.15) is 40.0 Å². The lowest BCUT2D eigenvalue weighted by Gasteiger charge is -2.11. The van der Waals surface area contributed by atoms with Crippen LogP contribution in [0.3, 0.4) is 0 Å². The molecule has 0 aliphatic rings. The Kier molecular flexibility index (Phi) is 7.48. The van der Waals surface area contributed by atoms with Gasteiger partial charge in [-0.3, -0.25) is 4.79 Å². The van der Waals surface area contributed by atoms with Gasteiger partial charge in [-0.2, -0.15) is 0 Å². The third kappa shape index (κ3) is 6.89. The molecule has 0 saturated heterocycles. The highest BCUT2D eigenvalue weighted by atomic mass is 16.4. The molecule has 0 fully saturated rings. The molecular weight excluding hydrogens is 178 g/mol. The maximum atomic E-state index is 10.7. The second-order valence-electron chi connectivity index (χ2n) is 4.18. The van der Waals surface area contributed by atoms with E-state index in [9.17, 15) is 4.79 Å². The van der Waals surface area contributed by atoms with Crippen molar-refractivity contribution in [2.24, 2.45) is 11.8 Å². The van der Waals surface area contributed by atoms with Gasteiger partial charge < -0.3 is 10.4 Å². The van der Waals surface area contributed by atoms with Gasteiger partial charge in [0.1, 0.15) is 0 Å². The maximum absolute atomic E-state index is 10.7. The first kappa shape index (κ1) is 13.4. The molecule has 0 aromatic rings. The second-order valence-corrected chi connectivity index (χ2v) is 4.18. The van der Waals surface area contributed by atoms with E-state index >= 15 is 0 Å². The van der Waals surface area contributed by atoms with Gasteiger partial charge in [0.2, 0.25) is 0 Å². The average molecular weight is 201 g/mol. The standard InChI is InChI=1S/C11H23NO2/c1-4-10(11(13)14)8-12-7-5-6-9(2)3/h9-10,12H,4-8H2,1-3H3,(H,13,14). The molecule has 0 heterocycles. The number of carboxylic acids is 1. The Morgan fingerprint density at radius 3 is 2.50 bits per heavy atom. The minimum absolute atomic E-state index is 0.228. The normalized spacial score (nSPS) is 13.1. The topological polar surface area (TPSA) is 49.3 Å². The fraction of sp³-hybridized carbons (Fsp3) is 0.909. The number of hydrogen-bond acceptors (Lipinski definition) is 2. The smallest absolute Gasteiger partial charge is 0.307 e. The van der Waals surface area contributed by atoms with Gasteiger partial charge in [0.15, 0.2) is 0 Å². The molecule has 0 bridgehead atoms. The molecule has 0 spiro atoms. The van der Waals surface area contributed by atoms with Gasteiger partial charge in [-0.25, -0.2) is 0 Å². The molecule has 0 aromatic heterocycles. The molecule has 0 aromatic carbocycles. The number of nitrogens with one attached hydrogen (secondary N) is 1. The van der Waals surface area contributed by atoms with Crippen molar-refractivity contribution in [3.8, 4) is 0 Å². The molecule has 0 radical (unpaired) electrons. The van der Waals surface area contributed by atoms with Crippen LogP contribution in [-0.2, 0) is 4.79 Å². The van der Waals surface area contributed by atoms with Gasteiger partial charge in [-0.15, -0.1) is 0 Å². The Labute approximate surface area is 86.9 Å². The van der Waals surface area contributed by atoms with E-state index in [1.807, 2.05) is 6.92 Å². The molecule has 1 unspecified atom stereocenters. The van der Waals surface area contributed by atoms with Gasteiger partial charge in [-0.05, 0) is 31.7 Å². The number of rotatable bonds is 8. The highest BCUT2D eigenvalue weighted by molar-refractivity contribution is 5.70. The van der Waals surface area contributed by atoms with Crippen molar-refractivity contribution in [3.63, 3.8) is 0 Å². The minimum atomic E-state index is -0.691. The van der Waals surface area contributed by atoms with Crippen LogP contribution in [0.25, 0.3) is 0 Å². The highest BCUT2D eigenvalue weighted by Crippen LogP contribution is 2.03. The summed E-state index contributed by atoms with van der Waals surface area (Å²) < 4.78 is 0. The summed E-state index contributed by atoms with van der Waals surface area (Å²) in [6.45, 7) is 7.85. The molecule has 14 heavy (non-hydrogen) atoms. The summed E-state index contributed by atoms with van der Waals surface area (Å²) in [6.07, 6.45) is 3.04. The van der Waals surface area contributed by atoms with Gasteiger partial charge >= 0.3 is 5.97 Å². The van der Waals surface area contributed by atoms with E-state index < -0.39 is 5.97 Å². The van der Waals surface area contributed by atoms with Crippen LogP contribution in [0.2, 0.25) is 0 Å². The first-order valence-electron chi connectivity index (χ1n) is 5.51. The lowest BCUT2D eigenvalue weighted by Crippen LogP contribution is -2.28. The minimum Gasteiger partial charge on any atom is -0.481 e. The van der Waals surface area contributed by atoms with Crippen LogP contribution in [0.5, 0.6) is 0 Å². The lowest BCUT2D eigenvalue weighted by molar-refractivity contribution is -0.141. The third-order valence-corrected chi connectivity index (χ3v) is 2.37. The molecule has 0 aliphatic carbocycles. The molecule has 0 amide bonds. The number of carbonyl (C=O) groups is 1. The van der Waals surface area contributed by atoms with Crippen molar-refractivity contribution in [1.29, 1.82) is 0 Å². The predicted molar refractivity (Wildman–Crippen MR) is 58.4 cm³/mol. The van der Waals surface area contributed by atoms with E-state index in [-0.39, 0.29) is 5.92 Å². The van der Waals surface area contributed by atoms with Crippen LogP contribution < -0.4 is 5.32 Å². The lowest BCUT2D eigenvalue weighted by atomic mass is 10.1. The molecule has 3 nitrogen and oxygen atoms in total. The quantitative estimate of drug-likeness (QED) is 0.591. The van der Waals surface area contributed by atoms with Gasteiger partial charge in [0, 0.05) is 6.54 Å². The monoisotopic (exact) mass is 201 g/mol. The molecule has 0 rings (SSSR count). The summed E-state index contributed by atoms with van der Waals surface area (Å²) in [6, 6.07) is 0. The van der Waals surface area contributed by atoms with E-state index in [0.29, 0.717) is 13.0 Å². The molecule has 84 valence electrons. The Morgan fingerprint density at radius 2 is 2.07 bits per heavy atom. The summed E-state index contributed by atoms with van der Waals surface area (Å²) in [5, 5.41) is 12.0. The van der Waals surface area contributed by atoms with Gasteiger partial charge in [0.25, 0.3) is 0 Å². The summed E-state index contributed by atoms with van der Waals surface area (Å²) in [5.41, 5.74) is 0. The van der Waals surface area contributed by atoms with Crippen molar-refractivity contribution in [2.75, 3.05) is 13.1 Å². The van der Waals surface area contributed by atoms with E-state index in [2.05, 4.69) is 19.2 Å². The molecule has 2 N–H and O–H groups in total. The van der Waals surface area contributed by atoms with Gasteiger partial charge in [0.05, 0.1) is 5.92 Å². The third-order valence-electron chi connectivity index (χ3n) is 2.37. The molecular formula is C11H23NO2. The number of aliphatic carboxylic acids is 1. The second kappa shape index (κ2) is 7.80. The van der Waals surface area contributed by atoms with Crippen molar-refractivity contribution in [3.05, 3.63) is 0 Å². The zero-order chi connectivity index (χ0) is 11.0.